The van der Waals surface area contributed by atoms with Crippen LogP contribution in [0.25, 0.3) is 0 Å². The van der Waals surface area contributed by atoms with Gasteiger partial charge in [-0.05, 0) is 70.5 Å². The van der Waals surface area contributed by atoms with E-state index in [2.05, 4.69) is 47.8 Å². The van der Waals surface area contributed by atoms with Crippen LogP contribution in [-0.2, 0) is 6.42 Å². The number of halogens is 2. The molecule has 1 heterocycles. The number of rotatable bonds is 2. The molecule has 1 aromatic heterocycles. The SMILES string of the molecule is CC(C)(C)C1CCC(Cl)C(Cc2cncc(Br)c2)C1. The van der Waals surface area contributed by atoms with Gasteiger partial charge in [-0.3, -0.25) is 4.98 Å². The molecule has 2 rings (SSSR count). The summed E-state index contributed by atoms with van der Waals surface area (Å²) in [4.78, 5) is 4.25. The molecule has 106 valence electrons. The van der Waals surface area contributed by atoms with Crippen molar-refractivity contribution < 1.29 is 0 Å². The lowest BCUT2D eigenvalue weighted by Crippen LogP contribution is -2.33. The normalized spacial score (nSPS) is 28.4. The summed E-state index contributed by atoms with van der Waals surface area (Å²) < 4.78 is 1.05. The summed E-state index contributed by atoms with van der Waals surface area (Å²) in [7, 11) is 0. The van der Waals surface area contributed by atoms with E-state index in [1.165, 1.54) is 18.4 Å². The number of hydrogen-bond acceptors (Lipinski definition) is 1. The maximum atomic E-state index is 6.56. The summed E-state index contributed by atoms with van der Waals surface area (Å²) in [6.07, 6.45) is 8.51. The molecule has 1 aromatic rings. The highest BCUT2D eigenvalue weighted by atomic mass is 79.9. The van der Waals surface area contributed by atoms with Crippen molar-refractivity contribution in [1.82, 2.24) is 4.98 Å². The molecule has 1 aliphatic carbocycles. The van der Waals surface area contributed by atoms with Crippen LogP contribution in [0.2, 0.25) is 0 Å². The van der Waals surface area contributed by atoms with Gasteiger partial charge >= 0.3 is 0 Å². The first kappa shape index (κ1) is 15.3. The molecule has 1 fully saturated rings. The molecule has 3 atom stereocenters. The lowest BCUT2D eigenvalue weighted by Gasteiger charge is -2.40. The van der Waals surface area contributed by atoms with E-state index in [1.54, 1.807) is 0 Å². The molecule has 1 nitrogen and oxygen atoms in total. The average molecular weight is 345 g/mol. The van der Waals surface area contributed by atoms with E-state index in [-0.39, 0.29) is 0 Å². The van der Waals surface area contributed by atoms with Gasteiger partial charge in [0.2, 0.25) is 0 Å². The molecule has 0 aromatic carbocycles. The molecule has 0 saturated heterocycles. The summed E-state index contributed by atoms with van der Waals surface area (Å²) in [5.41, 5.74) is 1.68. The van der Waals surface area contributed by atoms with Crippen LogP contribution in [0.15, 0.2) is 22.9 Å². The van der Waals surface area contributed by atoms with Crippen molar-refractivity contribution >= 4 is 27.5 Å². The van der Waals surface area contributed by atoms with Crippen LogP contribution in [0.5, 0.6) is 0 Å². The largest absolute Gasteiger partial charge is 0.263 e. The number of pyridine rings is 1. The van der Waals surface area contributed by atoms with E-state index in [9.17, 15) is 0 Å². The predicted octanol–water partition coefficient (Wildman–Crippen LogP) is 5.46. The third-order valence-corrected chi connectivity index (χ3v) is 5.38. The molecule has 1 aliphatic rings. The second kappa shape index (κ2) is 6.13. The van der Waals surface area contributed by atoms with Crippen LogP contribution in [0.1, 0.15) is 45.6 Å². The zero-order valence-electron chi connectivity index (χ0n) is 12.0. The Kier molecular flexibility index (Phi) is 4.94. The van der Waals surface area contributed by atoms with E-state index in [0.29, 0.717) is 16.7 Å². The van der Waals surface area contributed by atoms with Gasteiger partial charge in [-0.1, -0.05) is 20.8 Å². The summed E-state index contributed by atoms with van der Waals surface area (Å²) in [5, 5.41) is 0.317. The maximum Gasteiger partial charge on any atom is 0.0410 e. The van der Waals surface area contributed by atoms with Crippen molar-refractivity contribution in [2.75, 3.05) is 0 Å². The Balaban J connectivity index is 2.05. The van der Waals surface area contributed by atoms with Gasteiger partial charge in [0.05, 0.1) is 0 Å². The summed E-state index contributed by atoms with van der Waals surface area (Å²) >= 11 is 10.0. The van der Waals surface area contributed by atoms with Gasteiger partial charge in [-0.2, -0.15) is 0 Å². The van der Waals surface area contributed by atoms with Crippen LogP contribution < -0.4 is 0 Å². The van der Waals surface area contributed by atoms with Crippen molar-refractivity contribution in [3.05, 3.63) is 28.5 Å². The molecule has 0 spiro atoms. The quantitative estimate of drug-likeness (QED) is 0.649. The molecule has 19 heavy (non-hydrogen) atoms. The third-order valence-electron chi connectivity index (χ3n) is 4.37. The lowest BCUT2D eigenvalue weighted by molar-refractivity contribution is 0.144. The lowest BCUT2D eigenvalue weighted by atomic mass is 9.68. The molecule has 0 aliphatic heterocycles. The predicted molar refractivity (Wildman–Crippen MR) is 85.6 cm³/mol. The monoisotopic (exact) mass is 343 g/mol. The van der Waals surface area contributed by atoms with Gasteiger partial charge in [0.25, 0.3) is 0 Å². The minimum Gasteiger partial charge on any atom is -0.263 e. The minimum absolute atomic E-state index is 0.317. The van der Waals surface area contributed by atoms with E-state index < -0.39 is 0 Å². The first-order valence-electron chi connectivity index (χ1n) is 7.10. The minimum atomic E-state index is 0.317. The van der Waals surface area contributed by atoms with Gasteiger partial charge in [-0.25, -0.2) is 0 Å². The van der Waals surface area contributed by atoms with Crippen molar-refractivity contribution in [2.45, 2.75) is 51.8 Å². The molecule has 0 N–H and O–H groups in total. The molecule has 0 radical (unpaired) electrons. The number of hydrogen-bond donors (Lipinski definition) is 0. The van der Waals surface area contributed by atoms with Crippen LogP contribution in [-0.4, -0.2) is 10.4 Å². The second-order valence-corrected chi connectivity index (χ2v) is 8.34. The molecule has 0 amide bonds. The van der Waals surface area contributed by atoms with E-state index >= 15 is 0 Å². The fourth-order valence-electron chi connectivity index (χ4n) is 3.10. The first-order chi connectivity index (χ1) is 8.86. The van der Waals surface area contributed by atoms with Gasteiger partial charge in [-0.15, -0.1) is 11.6 Å². The standard InChI is InChI=1S/C16H23BrClN/c1-16(2,3)13-4-5-15(18)12(8-13)6-11-7-14(17)10-19-9-11/h7,9-10,12-13,15H,4-6,8H2,1-3H3. The fraction of sp³-hybridized carbons (Fsp3) is 0.688. The zero-order valence-corrected chi connectivity index (χ0v) is 14.3. The highest BCUT2D eigenvalue weighted by Crippen LogP contribution is 2.43. The molecule has 3 unspecified atom stereocenters. The van der Waals surface area contributed by atoms with Gasteiger partial charge in [0, 0.05) is 22.2 Å². The Hall–Kier alpha value is -0.0800. The van der Waals surface area contributed by atoms with Crippen LogP contribution >= 0.6 is 27.5 Å². The van der Waals surface area contributed by atoms with Gasteiger partial charge < -0.3 is 0 Å². The Morgan fingerprint density at radius 3 is 2.68 bits per heavy atom. The zero-order chi connectivity index (χ0) is 14.0. The molecular formula is C16H23BrClN. The van der Waals surface area contributed by atoms with Crippen molar-refractivity contribution in [2.24, 2.45) is 17.3 Å². The molecule has 1 saturated carbocycles. The smallest absolute Gasteiger partial charge is 0.0410 e. The third kappa shape index (κ3) is 4.19. The highest BCUT2D eigenvalue weighted by Gasteiger charge is 2.34. The Morgan fingerprint density at radius 1 is 1.32 bits per heavy atom. The summed E-state index contributed by atoms with van der Waals surface area (Å²) in [6, 6.07) is 2.16. The summed E-state index contributed by atoms with van der Waals surface area (Å²) in [6.45, 7) is 7.05. The molecule has 0 bridgehead atoms. The first-order valence-corrected chi connectivity index (χ1v) is 8.32. The second-order valence-electron chi connectivity index (χ2n) is 6.87. The van der Waals surface area contributed by atoms with E-state index in [4.69, 9.17) is 11.6 Å². The Morgan fingerprint density at radius 2 is 2.05 bits per heavy atom. The number of alkyl halides is 1. The van der Waals surface area contributed by atoms with E-state index in [1.807, 2.05) is 12.4 Å². The Bertz CT molecular complexity index is 427. The van der Waals surface area contributed by atoms with Crippen molar-refractivity contribution in [1.29, 1.82) is 0 Å². The van der Waals surface area contributed by atoms with Crippen LogP contribution in [0, 0.1) is 17.3 Å². The van der Waals surface area contributed by atoms with Crippen LogP contribution in [0.4, 0.5) is 0 Å². The molecular weight excluding hydrogens is 322 g/mol. The van der Waals surface area contributed by atoms with Crippen molar-refractivity contribution in [3.8, 4) is 0 Å². The molecule has 3 heteroatoms. The fourth-order valence-corrected chi connectivity index (χ4v) is 3.83. The number of aromatic nitrogens is 1. The highest BCUT2D eigenvalue weighted by molar-refractivity contribution is 9.10. The Labute approximate surface area is 130 Å². The maximum absolute atomic E-state index is 6.56. The topological polar surface area (TPSA) is 12.9 Å². The number of nitrogens with zero attached hydrogens (tertiary/aromatic N) is 1. The average Bonchev–Trinajstić information content (AvgIpc) is 2.30. The van der Waals surface area contributed by atoms with Crippen molar-refractivity contribution in [3.63, 3.8) is 0 Å². The van der Waals surface area contributed by atoms with Gasteiger partial charge in [0.1, 0.15) is 0 Å². The van der Waals surface area contributed by atoms with E-state index in [0.717, 1.165) is 23.2 Å². The van der Waals surface area contributed by atoms with Gasteiger partial charge in [0.15, 0.2) is 0 Å². The summed E-state index contributed by atoms with van der Waals surface area (Å²) in [5.74, 6) is 1.36. The van der Waals surface area contributed by atoms with Crippen LogP contribution in [0.3, 0.4) is 0 Å².